The standard InChI is InChI=1S/C62H119NO5/c1-3-5-7-9-11-13-15-16-17-18-19-22-25-28-31-35-38-42-46-50-54-60(65)59(58-64)63-61(66)55-51-47-43-39-36-32-29-26-23-20-21-24-27-30-33-37-41-45-49-53-57-68-62(67)56-52-48-44-40-34-14-12-10-8-6-4-2/h10,12,20,23,59-60,64-65H,3-9,11,13-19,21-22,24-58H2,1-2H3,(H,63,66)/b12-10-,23-20-. The van der Waals surface area contributed by atoms with Crippen molar-refractivity contribution in [1.82, 2.24) is 5.32 Å². The molecule has 0 aromatic rings. The van der Waals surface area contributed by atoms with E-state index in [1.54, 1.807) is 0 Å². The van der Waals surface area contributed by atoms with Crippen LogP contribution in [0.3, 0.4) is 0 Å². The largest absolute Gasteiger partial charge is 0.466 e. The summed E-state index contributed by atoms with van der Waals surface area (Å²) in [6.07, 6.45) is 70.4. The molecule has 3 N–H and O–H groups in total. The minimum atomic E-state index is -0.670. The van der Waals surface area contributed by atoms with E-state index < -0.39 is 12.1 Å². The molecule has 68 heavy (non-hydrogen) atoms. The summed E-state index contributed by atoms with van der Waals surface area (Å²) in [5.41, 5.74) is 0. The van der Waals surface area contributed by atoms with Gasteiger partial charge in [0.15, 0.2) is 0 Å². The first kappa shape index (κ1) is 66.3. The molecule has 1 amide bonds. The Labute approximate surface area is 424 Å². The molecule has 0 saturated heterocycles. The molecule has 0 aromatic heterocycles. The smallest absolute Gasteiger partial charge is 0.305 e. The zero-order chi connectivity index (χ0) is 49.3. The number of hydrogen-bond acceptors (Lipinski definition) is 5. The first-order chi connectivity index (χ1) is 33.5. The van der Waals surface area contributed by atoms with Gasteiger partial charge >= 0.3 is 5.97 Å². The van der Waals surface area contributed by atoms with Crippen LogP contribution in [0.5, 0.6) is 0 Å². The van der Waals surface area contributed by atoms with Crippen LogP contribution in [0.1, 0.15) is 335 Å². The van der Waals surface area contributed by atoms with Crippen LogP contribution in [-0.2, 0) is 14.3 Å². The predicted octanol–water partition coefficient (Wildman–Crippen LogP) is 19.0. The van der Waals surface area contributed by atoms with Gasteiger partial charge in [0.05, 0.1) is 25.4 Å². The molecule has 0 radical (unpaired) electrons. The molecule has 0 bridgehead atoms. The van der Waals surface area contributed by atoms with E-state index >= 15 is 0 Å². The predicted molar refractivity (Wildman–Crippen MR) is 296 cm³/mol. The molecule has 6 heteroatoms. The highest BCUT2D eigenvalue weighted by molar-refractivity contribution is 5.76. The Bertz CT molecular complexity index is 1060. The maximum atomic E-state index is 12.5. The van der Waals surface area contributed by atoms with E-state index in [9.17, 15) is 19.8 Å². The molecule has 0 aliphatic heterocycles. The van der Waals surface area contributed by atoms with E-state index in [1.807, 2.05) is 0 Å². The van der Waals surface area contributed by atoms with Crippen molar-refractivity contribution in [3.05, 3.63) is 24.3 Å². The lowest BCUT2D eigenvalue weighted by Crippen LogP contribution is -2.45. The van der Waals surface area contributed by atoms with Crippen LogP contribution < -0.4 is 5.32 Å². The van der Waals surface area contributed by atoms with E-state index in [-0.39, 0.29) is 18.5 Å². The fourth-order valence-corrected chi connectivity index (χ4v) is 9.50. The van der Waals surface area contributed by atoms with Gasteiger partial charge in [0.25, 0.3) is 0 Å². The second-order valence-electron chi connectivity index (χ2n) is 21.0. The molecule has 0 aliphatic carbocycles. The fraction of sp³-hybridized carbons (Fsp3) is 0.903. The number of hydrogen-bond donors (Lipinski definition) is 3. The highest BCUT2D eigenvalue weighted by Crippen LogP contribution is 2.18. The highest BCUT2D eigenvalue weighted by Gasteiger charge is 2.20. The van der Waals surface area contributed by atoms with Gasteiger partial charge in [-0.05, 0) is 70.6 Å². The van der Waals surface area contributed by atoms with Crippen molar-refractivity contribution in [3.63, 3.8) is 0 Å². The summed E-state index contributed by atoms with van der Waals surface area (Å²) < 4.78 is 5.45. The maximum absolute atomic E-state index is 12.5. The molecule has 2 atom stereocenters. The molecule has 0 rings (SSSR count). The van der Waals surface area contributed by atoms with Crippen molar-refractivity contribution >= 4 is 11.9 Å². The van der Waals surface area contributed by atoms with Gasteiger partial charge in [-0.1, -0.05) is 276 Å². The molecule has 0 saturated carbocycles. The lowest BCUT2D eigenvalue weighted by molar-refractivity contribution is -0.143. The van der Waals surface area contributed by atoms with Gasteiger partial charge < -0.3 is 20.3 Å². The topological polar surface area (TPSA) is 95.9 Å². The van der Waals surface area contributed by atoms with Gasteiger partial charge in [-0.15, -0.1) is 0 Å². The Hall–Kier alpha value is -1.66. The Balaban J connectivity index is 3.44. The minimum absolute atomic E-state index is 0.00446. The summed E-state index contributed by atoms with van der Waals surface area (Å²) in [4.78, 5) is 24.5. The SMILES string of the molecule is CCCC/C=C\CCCCCCCC(=O)OCCCCCCCCCCC/C=C\CCCCCCCCCC(=O)NC(CO)C(O)CCCCCCCCCCCCCCCCCCCCCC. The molecular weight excluding hydrogens is 839 g/mol. The maximum Gasteiger partial charge on any atom is 0.305 e. The Morgan fingerprint density at radius 1 is 0.397 bits per heavy atom. The summed E-state index contributed by atoms with van der Waals surface area (Å²) in [5.74, 6) is -0.0453. The highest BCUT2D eigenvalue weighted by atomic mass is 16.5. The number of esters is 1. The van der Waals surface area contributed by atoms with Gasteiger partial charge in [-0.25, -0.2) is 0 Å². The molecule has 0 heterocycles. The van der Waals surface area contributed by atoms with E-state index in [2.05, 4.69) is 43.5 Å². The number of nitrogens with one attached hydrogen (secondary N) is 1. The first-order valence-electron chi connectivity index (χ1n) is 30.6. The third kappa shape index (κ3) is 53.7. The molecule has 402 valence electrons. The first-order valence-corrected chi connectivity index (χ1v) is 30.6. The van der Waals surface area contributed by atoms with Crippen LogP contribution in [0.2, 0.25) is 0 Å². The second-order valence-corrected chi connectivity index (χ2v) is 21.0. The number of carbonyl (C=O) groups excluding carboxylic acids is 2. The van der Waals surface area contributed by atoms with E-state index in [1.165, 1.54) is 257 Å². The quantitative estimate of drug-likeness (QED) is 0.0321. The molecule has 0 spiro atoms. The Morgan fingerprint density at radius 3 is 1.09 bits per heavy atom. The Kier molecular flexibility index (Phi) is 56.5. The molecular formula is C62H119NO5. The number of carbonyl (C=O) groups is 2. The van der Waals surface area contributed by atoms with Gasteiger partial charge in [-0.3, -0.25) is 9.59 Å². The van der Waals surface area contributed by atoms with Crippen molar-refractivity contribution in [2.45, 2.75) is 347 Å². The number of ether oxygens (including phenoxy) is 1. The third-order valence-electron chi connectivity index (χ3n) is 14.2. The number of amides is 1. The zero-order valence-corrected chi connectivity index (χ0v) is 45.9. The van der Waals surface area contributed by atoms with E-state index in [0.717, 1.165) is 44.9 Å². The van der Waals surface area contributed by atoms with Gasteiger partial charge in [-0.2, -0.15) is 0 Å². The summed E-state index contributed by atoms with van der Waals surface area (Å²) >= 11 is 0. The van der Waals surface area contributed by atoms with Crippen molar-refractivity contribution in [2.75, 3.05) is 13.2 Å². The molecule has 0 aliphatic rings. The normalized spacial score (nSPS) is 12.7. The minimum Gasteiger partial charge on any atom is -0.466 e. The van der Waals surface area contributed by atoms with Crippen LogP contribution >= 0.6 is 0 Å². The molecule has 0 fully saturated rings. The number of rotatable bonds is 57. The number of unbranched alkanes of at least 4 members (excludes halogenated alkanes) is 42. The molecule has 2 unspecified atom stereocenters. The van der Waals surface area contributed by atoms with Crippen molar-refractivity contribution < 1.29 is 24.5 Å². The average Bonchev–Trinajstić information content (AvgIpc) is 3.34. The van der Waals surface area contributed by atoms with Crippen molar-refractivity contribution in [1.29, 1.82) is 0 Å². The third-order valence-corrected chi connectivity index (χ3v) is 14.2. The van der Waals surface area contributed by atoms with Gasteiger partial charge in [0.1, 0.15) is 0 Å². The van der Waals surface area contributed by atoms with Crippen LogP contribution in [0, 0.1) is 0 Å². The van der Waals surface area contributed by atoms with E-state index in [0.29, 0.717) is 25.9 Å². The van der Waals surface area contributed by atoms with Crippen LogP contribution in [-0.4, -0.2) is 47.4 Å². The van der Waals surface area contributed by atoms with Crippen molar-refractivity contribution in [3.8, 4) is 0 Å². The fourth-order valence-electron chi connectivity index (χ4n) is 9.50. The zero-order valence-electron chi connectivity index (χ0n) is 45.9. The molecule has 6 nitrogen and oxygen atoms in total. The lowest BCUT2D eigenvalue weighted by atomic mass is 10.0. The molecule has 0 aromatic carbocycles. The van der Waals surface area contributed by atoms with Gasteiger partial charge in [0.2, 0.25) is 5.91 Å². The summed E-state index contributed by atoms with van der Waals surface area (Å²) in [6.45, 7) is 4.92. The summed E-state index contributed by atoms with van der Waals surface area (Å²) in [6, 6.07) is -0.548. The van der Waals surface area contributed by atoms with Crippen LogP contribution in [0.25, 0.3) is 0 Å². The second kappa shape index (κ2) is 57.9. The lowest BCUT2D eigenvalue weighted by Gasteiger charge is -2.22. The summed E-state index contributed by atoms with van der Waals surface area (Å²) in [7, 11) is 0. The Morgan fingerprint density at radius 2 is 0.706 bits per heavy atom. The van der Waals surface area contributed by atoms with Crippen LogP contribution in [0.4, 0.5) is 0 Å². The van der Waals surface area contributed by atoms with Crippen molar-refractivity contribution in [2.24, 2.45) is 0 Å². The van der Waals surface area contributed by atoms with E-state index in [4.69, 9.17) is 4.74 Å². The monoisotopic (exact) mass is 958 g/mol. The van der Waals surface area contributed by atoms with Crippen LogP contribution in [0.15, 0.2) is 24.3 Å². The summed E-state index contributed by atoms with van der Waals surface area (Å²) in [5, 5.41) is 23.3. The number of allylic oxidation sites excluding steroid dienone is 4. The number of aliphatic hydroxyl groups is 2. The van der Waals surface area contributed by atoms with Gasteiger partial charge in [0, 0.05) is 12.8 Å². The number of aliphatic hydroxyl groups excluding tert-OH is 2. The average molecular weight is 959 g/mol.